The van der Waals surface area contributed by atoms with Crippen molar-refractivity contribution in [3.63, 3.8) is 0 Å². The molecule has 0 aromatic heterocycles. The number of benzene rings is 2. The van der Waals surface area contributed by atoms with Crippen LogP contribution in [-0.4, -0.2) is 11.9 Å². The predicted molar refractivity (Wildman–Crippen MR) is 95.3 cm³/mol. The molecule has 0 aliphatic heterocycles. The number of nitrogens with one attached hydrogen (secondary N) is 2. The van der Waals surface area contributed by atoms with Gasteiger partial charge in [-0.1, -0.05) is 35.3 Å². The summed E-state index contributed by atoms with van der Waals surface area (Å²) in [6.07, 6.45) is 0. The largest absolute Gasteiger partial charge is 0.334 e. The van der Waals surface area contributed by atoms with Crippen molar-refractivity contribution in [2.24, 2.45) is 0 Å². The average Bonchev–Trinajstić information content (AvgIpc) is 2.48. The van der Waals surface area contributed by atoms with Gasteiger partial charge in [-0.15, -0.1) is 0 Å². The Labute approximate surface area is 155 Å². The molecule has 0 aliphatic rings. The van der Waals surface area contributed by atoms with E-state index in [9.17, 15) is 14.0 Å². The average molecular weight is 467 g/mol. The topological polar surface area (TPSA) is 58.2 Å². The summed E-state index contributed by atoms with van der Waals surface area (Å²) in [6, 6.07) is 8.44. The lowest BCUT2D eigenvalue weighted by atomic mass is 10.2. The lowest BCUT2D eigenvalue weighted by Crippen LogP contribution is -2.39. The summed E-state index contributed by atoms with van der Waals surface area (Å²) in [5, 5.41) is 4.86. The number of imide groups is 1. The number of hydrogen-bond acceptors (Lipinski definition) is 2. The molecule has 0 fully saturated rings. The van der Waals surface area contributed by atoms with Crippen molar-refractivity contribution in [1.29, 1.82) is 0 Å². The van der Waals surface area contributed by atoms with Crippen LogP contribution >= 0.6 is 45.8 Å². The van der Waals surface area contributed by atoms with Crippen LogP contribution in [0.1, 0.15) is 15.9 Å². The molecular weight excluding hydrogens is 457 g/mol. The van der Waals surface area contributed by atoms with Crippen molar-refractivity contribution in [2.75, 3.05) is 0 Å². The van der Waals surface area contributed by atoms with E-state index in [1.165, 1.54) is 18.2 Å². The van der Waals surface area contributed by atoms with Crippen LogP contribution in [0.3, 0.4) is 0 Å². The summed E-state index contributed by atoms with van der Waals surface area (Å²) in [5.74, 6) is -1.09. The Morgan fingerprint density at radius 3 is 2.39 bits per heavy atom. The number of amides is 3. The minimum atomic E-state index is -0.732. The second kappa shape index (κ2) is 7.94. The first-order valence-electron chi connectivity index (χ1n) is 6.35. The van der Waals surface area contributed by atoms with Gasteiger partial charge >= 0.3 is 6.03 Å². The van der Waals surface area contributed by atoms with Crippen LogP contribution in [0.15, 0.2) is 36.4 Å². The fraction of sp³-hybridized carbons (Fsp3) is 0.0667. The highest BCUT2D eigenvalue weighted by Crippen LogP contribution is 2.23. The van der Waals surface area contributed by atoms with E-state index in [2.05, 4.69) is 10.6 Å². The molecule has 4 nitrogen and oxygen atoms in total. The Morgan fingerprint density at radius 1 is 1.13 bits per heavy atom. The van der Waals surface area contributed by atoms with E-state index in [-0.39, 0.29) is 28.0 Å². The molecule has 0 radical (unpaired) electrons. The number of hydrogen-bond donors (Lipinski definition) is 2. The summed E-state index contributed by atoms with van der Waals surface area (Å²) in [7, 11) is 0. The molecule has 0 unspecified atom stereocenters. The highest BCUT2D eigenvalue weighted by molar-refractivity contribution is 14.1. The SMILES string of the molecule is O=C(NCc1ccc(I)c(F)c1)NC(=O)c1c(Cl)cccc1Cl. The van der Waals surface area contributed by atoms with Gasteiger partial charge in [-0.3, -0.25) is 10.1 Å². The maximum atomic E-state index is 13.4. The van der Waals surface area contributed by atoms with Gasteiger partial charge in [-0.2, -0.15) is 0 Å². The Morgan fingerprint density at radius 2 is 1.78 bits per heavy atom. The van der Waals surface area contributed by atoms with E-state index in [0.29, 0.717) is 9.13 Å². The summed E-state index contributed by atoms with van der Waals surface area (Å²) < 4.78 is 13.9. The van der Waals surface area contributed by atoms with E-state index < -0.39 is 11.9 Å². The van der Waals surface area contributed by atoms with Crippen LogP contribution in [0.2, 0.25) is 10.0 Å². The van der Waals surface area contributed by atoms with Crippen molar-refractivity contribution < 1.29 is 14.0 Å². The van der Waals surface area contributed by atoms with Crippen LogP contribution in [-0.2, 0) is 6.54 Å². The molecule has 0 heterocycles. The molecule has 23 heavy (non-hydrogen) atoms. The maximum Gasteiger partial charge on any atom is 0.321 e. The van der Waals surface area contributed by atoms with Gasteiger partial charge in [0.25, 0.3) is 5.91 Å². The van der Waals surface area contributed by atoms with Gasteiger partial charge in [-0.25, -0.2) is 9.18 Å². The fourth-order valence-corrected chi connectivity index (χ4v) is 2.66. The van der Waals surface area contributed by atoms with Crippen molar-refractivity contribution in [1.82, 2.24) is 10.6 Å². The van der Waals surface area contributed by atoms with Gasteiger partial charge in [0.1, 0.15) is 5.82 Å². The van der Waals surface area contributed by atoms with Gasteiger partial charge in [0.15, 0.2) is 0 Å². The van der Waals surface area contributed by atoms with E-state index in [4.69, 9.17) is 23.2 Å². The van der Waals surface area contributed by atoms with E-state index in [0.717, 1.165) is 0 Å². The molecule has 2 aromatic rings. The lowest BCUT2D eigenvalue weighted by molar-refractivity contribution is 0.0964. The molecule has 2 rings (SSSR count). The predicted octanol–water partition coefficient (Wildman–Crippen LogP) is 4.38. The van der Waals surface area contributed by atoms with Crippen molar-refractivity contribution >= 4 is 57.7 Å². The van der Waals surface area contributed by atoms with Crippen molar-refractivity contribution in [3.8, 4) is 0 Å². The van der Waals surface area contributed by atoms with Crippen molar-refractivity contribution in [2.45, 2.75) is 6.54 Å². The third-order valence-electron chi connectivity index (χ3n) is 2.85. The molecule has 3 amide bonds. The Kier molecular flexibility index (Phi) is 6.20. The third-order valence-corrected chi connectivity index (χ3v) is 4.36. The molecule has 0 saturated heterocycles. The molecule has 0 aliphatic carbocycles. The van der Waals surface area contributed by atoms with Gasteiger partial charge in [-0.05, 0) is 52.4 Å². The molecule has 120 valence electrons. The summed E-state index contributed by atoms with van der Waals surface area (Å²) >= 11 is 13.7. The molecule has 2 aromatic carbocycles. The Hall–Kier alpha value is -1.38. The van der Waals surface area contributed by atoms with Crippen LogP contribution in [0.5, 0.6) is 0 Å². The number of urea groups is 1. The Bertz CT molecular complexity index is 751. The lowest BCUT2D eigenvalue weighted by Gasteiger charge is -2.09. The monoisotopic (exact) mass is 466 g/mol. The van der Waals surface area contributed by atoms with Crippen LogP contribution in [0.25, 0.3) is 0 Å². The molecule has 8 heteroatoms. The van der Waals surface area contributed by atoms with E-state index in [1.807, 2.05) is 22.6 Å². The molecule has 0 bridgehead atoms. The highest BCUT2D eigenvalue weighted by atomic mass is 127. The first kappa shape index (κ1) is 18.0. The van der Waals surface area contributed by atoms with Gasteiger partial charge in [0, 0.05) is 10.1 Å². The second-order valence-electron chi connectivity index (χ2n) is 4.48. The zero-order valence-electron chi connectivity index (χ0n) is 11.5. The first-order valence-corrected chi connectivity index (χ1v) is 8.19. The first-order chi connectivity index (χ1) is 10.9. The zero-order valence-corrected chi connectivity index (χ0v) is 15.2. The molecule has 2 N–H and O–H groups in total. The standard InChI is InChI=1S/C15H10Cl2FIN2O2/c16-9-2-1-3-10(17)13(9)14(22)21-15(23)20-7-8-4-5-12(19)11(18)6-8/h1-6H,7H2,(H2,20,21,22,23). The summed E-state index contributed by atoms with van der Waals surface area (Å²) in [5.41, 5.74) is 0.590. The van der Waals surface area contributed by atoms with Crippen LogP contribution in [0.4, 0.5) is 9.18 Å². The highest BCUT2D eigenvalue weighted by Gasteiger charge is 2.16. The second-order valence-corrected chi connectivity index (χ2v) is 6.46. The fourth-order valence-electron chi connectivity index (χ4n) is 1.76. The normalized spacial score (nSPS) is 10.3. The van der Waals surface area contributed by atoms with E-state index >= 15 is 0 Å². The number of halogens is 4. The van der Waals surface area contributed by atoms with Crippen LogP contribution < -0.4 is 10.6 Å². The van der Waals surface area contributed by atoms with Gasteiger partial charge in [0.2, 0.25) is 0 Å². The van der Waals surface area contributed by atoms with Gasteiger partial charge in [0.05, 0.1) is 15.6 Å². The minimum Gasteiger partial charge on any atom is -0.334 e. The molecule has 0 saturated carbocycles. The van der Waals surface area contributed by atoms with E-state index in [1.54, 1.807) is 18.2 Å². The van der Waals surface area contributed by atoms with Crippen LogP contribution in [0, 0.1) is 9.39 Å². The van der Waals surface area contributed by atoms with Gasteiger partial charge < -0.3 is 5.32 Å². The molecule has 0 atom stereocenters. The third kappa shape index (κ3) is 4.79. The quantitative estimate of drug-likeness (QED) is 0.659. The maximum absolute atomic E-state index is 13.4. The van der Waals surface area contributed by atoms with Crippen molar-refractivity contribution in [3.05, 3.63) is 67.0 Å². The number of rotatable bonds is 3. The number of carbonyl (C=O) groups excluding carboxylic acids is 2. The smallest absolute Gasteiger partial charge is 0.321 e. The minimum absolute atomic E-state index is 0.0197. The number of carbonyl (C=O) groups is 2. The Balaban J connectivity index is 1.97. The molecular formula is C15H10Cl2FIN2O2. The summed E-state index contributed by atoms with van der Waals surface area (Å²) in [4.78, 5) is 23.8. The zero-order chi connectivity index (χ0) is 17.0. The summed E-state index contributed by atoms with van der Waals surface area (Å²) in [6.45, 7) is 0.0726. The molecule has 0 spiro atoms.